The number of aromatic nitrogens is 1. The molecular formula is C27H23F3N2O6. The Balaban J connectivity index is 1.45. The van der Waals surface area contributed by atoms with Crippen LogP contribution < -0.4 is 19.9 Å². The van der Waals surface area contributed by atoms with Gasteiger partial charge in [0.05, 0.1) is 5.69 Å². The zero-order valence-corrected chi connectivity index (χ0v) is 20.4. The van der Waals surface area contributed by atoms with Gasteiger partial charge in [0.25, 0.3) is 0 Å². The lowest BCUT2D eigenvalue weighted by Crippen LogP contribution is -2.40. The van der Waals surface area contributed by atoms with Crippen molar-refractivity contribution in [3.05, 3.63) is 71.2 Å². The van der Waals surface area contributed by atoms with Crippen molar-refractivity contribution in [3.8, 4) is 28.5 Å². The maximum absolute atomic E-state index is 13.6. The summed E-state index contributed by atoms with van der Waals surface area (Å²) in [6.07, 6.45) is -4.07. The first kappa shape index (κ1) is 25.5. The van der Waals surface area contributed by atoms with Crippen LogP contribution in [-0.2, 0) is 15.8 Å². The third-order valence-corrected chi connectivity index (χ3v) is 6.85. The van der Waals surface area contributed by atoms with Crippen molar-refractivity contribution in [1.82, 2.24) is 4.98 Å². The number of hydrogen-bond acceptors (Lipinski definition) is 7. The number of hydrogen-bond donors (Lipinski definition) is 2. The molecule has 8 nitrogen and oxygen atoms in total. The number of benzene rings is 2. The van der Waals surface area contributed by atoms with E-state index in [4.69, 9.17) is 10.5 Å². The van der Waals surface area contributed by atoms with E-state index < -0.39 is 34.8 Å². The molecule has 2 atom stereocenters. The van der Waals surface area contributed by atoms with Crippen LogP contribution in [0.3, 0.4) is 0 Å². The average molecular weight is 528 g/mol. The molecule has 0 radical (unpaired) electrons. The number of alkyl halides is 2. The number of ketones is 1. The fourth-order valence-electron chi connectivity index (χ4n) is 4.42. The van der Waals surface area contributed by atoms with Gasteiger partial charge in [0.2, 0.25) is 5.91 Å². The van der Waals surface area contributed by atoms with Crippen LogP contribution in [0.25, 0.3) is 11.3 Å². The minimum atomic E-state index is -3.81. The molecule has 11 heteroatoms. The number of amides is 1. The van der Waals surface area contributed by atoms with Crippen molar-refractivity contribution < 1.29 is 42.1 Å². The van der Waals surface area contributed by atoms with E-state index in [0.29, 0.717) is 16.9 Å². The molecule has 3 heterocycles. The second-order valence-corrected chi connectivity index (χ2v) is 9.75. The van der Waals surface area contributed by atoms with Gasteiger partial charge < -0.3 is 25.1 Å². The highest BCUT2D eigenvalue weighted by Gasteiger charge is 2.45. The molecule has 3 N–H and O–H groups in total. The molecule has 198 valence electrons. The summed E-state index contributed by atoms with van der Waals surface area (Å²) in [5, 5.41) is 11.4. The molecule has 2 aliphatic heterocycles. The Kier molecular flexibility index (Phi) is 5.86. The molecule has 3 aromatic rings. The molecule has 1 amide bonds. The van der Waals surface area contributed by atoms with Crippen LogP contribution in [0.1, 0.15) is 48.3 Å². The number of aliphatic hydroxyl groups is 1. The number of rotatable bonds is 7. The highest BCUT2D eigenvalue weighted by atomic mass is 19.3. The molecule has 1 aromatic heterocycles. The van der Waals surface area contributed by atoms with Crippen LogP contribution in [0.5, 0.6) is 17.2 Å². The van der Waals surface area contributed by atoms with Gasteiger partial charge in [-0.25, -0.2) is 9.37 Å². The van der Waals surface area contributed by atoms with Gasteiger partial charge in [-0.1, -0.05) is 0 Å². The molecule has 38 heavy (non-hydrogen) atoms. The minimum absolute atomic E-state index is 0.0409. The molecule has 0 saturated heterocycles. The SMILES string of the molecule is C[C@](O)(CCC(=O)c1ccc2c(c1)OC(F)(F)O2)c1cc2c(c(-c3ccc(F)cc3)n1)OC[C@]2(C)C(N)=O. The molecule has 0 unspecified atom stereocenters. The summed E-state index contributed by atoms with van der Waals surface area (Å²) in [5.41, 5.74) is 4.23. The maximum Gasteiger partial charge on any atom is 0.586 e. The number of ether oxygens (including phenoxy) is 3. The zero-order valence-electron chi connectivity index (χ0n) is 20.4. The fourth-order valence-corrected chi connectivity index (χ4v) is 4.42. The Bertz CT molecular complexity index is 1460. The third kappa shape index (κ3) is 4.43. The predicted octanol–water partition coefficient (Wildman–Crippen LogP) is 4.22. The van der Waals surface area contributed by atoms with Crippen LogP contribution in [0.4, 0.5) is 13.2 Å². The second kappa shape index (κ2) is 8.73. The summed E-state index contributed by atoms with van der Waals surface area (Å²) < 4.78 is 54.7. The van der Waals surface area contributed by atoms with Gasteiger partial charge in [0.1, 0.15) is 34.9 Å². The van der Waals surface area contributed by atoms with E-state index in [0.717, 1.165) is 6.07 Å². The zero-order chi connectivity index (χ0) is 27.5. The number of carbonyl (C=O) groups is 2. The summed E-state index contributed by atoms with van der Waals surface area (Å²) >= 11 is 0. The predicted molar refractivity (Wildman–Crippen MR) is 127 cm³/mol. The maximum atomic E-state index is 13.6. The fraction of sp³-hybridized carbons (Fsp3) is 0.296. The Labute approximate surface area is 215 Å². The lowest BCUT2D eigenvalue weighted by atomic mass is 9.81. The van der Waals surface area contributed by atoms with Gasteiger partial charge in [-0.05, 0) is 68.8 Å². The average Bonchev–Trinajstić information content (AvgIpc) is 3.37. The van der Waals surface area contributed by atoms with E-state index in [2.05, 4.69) is 14.5 Å². The first-order valence-electron chi connectivity index (χ1n) is 11.7. The first-order valence-corrected chi connectivity index (χ1v) is 11.7. The number of fused-ring (bicyclic) bond motifs is 2. The van der Waals surface area contributed by atoms with Crippen molar-refractivity contribution in [2.45, 2.75) is 44.0 Å². The monoisotopic (exact) mass is 528 g/mol. The lowest BCUT2D eigenvalue weighted by Gasteiger charge is -2.26. The molecule has 2 aromatic carbocycles. The molecule has 5 rings (SSSR count). The smallest absolute Gasteiger partial charge is 0.489 e. The van der Waals surface area contributed by atoms with Crippen LogP contribution in [-0.4, -0.2) is 34.7 Å². The standard InChI is InChI=1S/C27H23F3N2O6/c1-25(24(31)34)13-36-23-17(25)12-21(32-22(23)14-3-6-16(28)7-4-14)26(2,35)10-9-18(33)15-5-8-19-20(11-15)38-27(29,30)37-19/h3-8,11-12,35H,9-10,13H2,1-2H3,(H2,31,34)/t25-,26-/m0/s1. The van der Waals surface area contributed by atoms with Crippen molar-refractivity contribution in [1.29, 1.82) is 0 Å². The number of nitrogens with zero attached hydrogens (tertiary/aromatic N) is 1. The van der Waals surface area contributed by atoms with Gasteiger partial charge in [0, 0.05) is 23.1 Å². The Morgan fingerprint density at radius 3 is 2.47 bits per heavy atom. The largest absolute Gasteiger partial charge is 0.586 e. The van der Waals surface area contributed by atoms with Gasteiger partial charge in [-0.2, -0.15) is 0 Å². The van der Waals surface area contributed by atoms with E-state index in [9.17, 15) is 27.9 Å². The number of halogens is 3. The van der Waals surface area contributed by atoms with E-state index in [1.807, 2.05) is 0 Å². The summed E-state index contributed by atoms with van der Waals surface area (Å²) in [4.78, 5) is 29.8. The third-order valence-electron chi connectivity index (χ3n) is 6.85. The topological polar surface area (TPSA) is 121 Å². The molecule has 0 saturated carbocycles. The van der Waals surface area contributed by atoms with E-state index in [1.165, 1.54) is 49.4 Å². The Hall–Kier alpha value is -4.12. The van der Waals surface area contributed by atoms with Gasteiger partial charge in [-0.3, -0.25) is 9.59 Å². The number of nitrogens with two attached hydrogens (primary N) is 1. The highest BCUT2D eigenvalue weighted by Crippen LogP contribution is 2.46. The van der Waals surface area contributed by atoms with Crippen LogP contribution in [0, 0.1) is 5.82 Å². The van der Waals surface area contributed by atoms with Gasteiger partial charge >= 0.3 is 6.29 Å². The quantitative estimate of drug-likeness (QED) is 0.441. The summed E-state index contributed by atoms with van der Waals surface area (Å²) in [7, 11) is 0. The molecular weight excluding hydrogens is 505 g/mol. The minimum Gasteiger partial charge on any atom is -0.489 e. The summed E-state index contributed by atoms with van der Waals surface area (Å²) in [6, 6.07) is 10.7. The number of Topliss-reactive ketones (excluding diaryl/α,β-unsaturated/α-hetero) is 1. The van der Waals surface area contributed by atoms with E-state index in [-0.39, 0.29) is 47.9 Å². The molecule has 0 aliphatic carbocycles. The molecule has 0 fully saturated rings. The molecule has 2 aliphatic rings. The van der Waals surface area contributed by atoms with Crippen molar-refractivity contribution in [3.63, 3.8) is 0 Å². The van der Waals surface area contributed by atoms with Crippen LogP contribution >= 0.6 is 0 Å². The first-order chi connectivity index (χ1) is 17.8. The van der Waals surface area contributed by atoms with E-state index in [1.54, 1.807) is 6.92 Å². The van der Waals surface area contributed by atoms with Gasteiger partial charge in [-0.15, -0.1) is 8.78 Å². The normalized spacial score (nSPS) is 20.4. The highest BCUT2D eigenvalue weighted by molar-refractivity contribution is 5.96. The van der Waals surface area contributed by atoms with Crippen LogP contribution in [0.2, 0.25) is 0 Å². The van der Waals surface area contributed by atoms with Crippen molar-refractivity contribution in [2.24, 2.45) is 5.73 Å². The van der Waals surface area contributed by atoms with E-state index >= 15 is 0 Å². The number of primary amides is 1. The Morgan fingerprint density at radius 2 is 1.79 bits per heavy atom. The van der Waals surface area contributed by atoms with Gasteiger partial charge in [0.15, 0.2) is 17.3 Å². The van der Waals surface area contributed by atoms with Crippen molar-refractivity contribution in [2.75, 3.05) is 6.61 Å². The number of pyridine rings is 1. The lowest BCUT2D eigenvalue weighted by molar-refractivity contribution is -0.286. The Morgan fingerprint density at radius 1 is 1.11 bits per heavy atom. The number of carbonyl (C=O) groups excluding carboxylic acids is 2. The van der Waals surface area contributed by atoms with Crippen molar-refractivity contribution >= 4 is 11.7 Å². The summed E-state index contributed by atoms with van der Waals surface area (Å²) in [6.45, 7) is 3.03. The summed E-state index contributed by atoms with van der Waals surface area (Å²) in [5.74, 6) is -1.68. The molecule has 0 bridgehead atoms. The van der Waals surface area contributed by atoms with Crippen LogP contribution in [0.15, 0.2) is 48.5 Å². The second-order valence-electron chi connectivity index (χ2n) is 9.75. The molecule has 0 spiro atoms.